The lowest BCUT2D eigenvalue weighted by molar-refractivity contribution is 0.361. The van der Waals surface area contributed by atoms with E-state index in [1.165, 1.54) is 35.7 Å². The molecule has 1 rings (SSSR count). The maximum Gasteiger partial charge on any atom is 0.0177 e. The first-order valence-electron chi connectivity index (χ1n) is 7.04. The Morgan fingerprint density at radius 1 is 1.33 bits per heavy atom. The minimum Gasteiger partial charge on any atom is -0.319 e. The van der Waals surface area contributed by atoms with E-state index in [1.54, 1.807) is 0 Å². The van der Waals surface area contributed by atoms with Gasteiger partial charge in [-0.25, -0.2) is 0 Å². The smallest absolute Gasteiger partial charge is 0.0177 e. The normalized spacial score (nSPS) is 14.4. The van der Waals surface area contributed by atoms with Crippen molar-refractivity contribution in [2.24, 2.45) is 11.8 Å². The number of benzene rings is 1. The molecule has 0 saturated carbocycles. The lowest BCUT2D eigenvalue weighted by Gasteiger charge is -2.21. The molecule has 1 aromatic rings. The molecule has 1 nitrogen and oxygen atoms in total. The van der Waals surface area contributed by atoms with E-state index in [2.05, 4.69) is 66.4 Å². The fourth-order valence-corrected chi connectivity index (χ4v) is 3.15. The summed E-state index contributed by atoms with van der Waals surface area (Å²) in [6.07, 6.45) is 5.14. The molecule has 0 aliphatic heterocycles. The molecule has 0 amide bonds. The van der Waals surface area contributed by atoms with Crippen LogP contribution in [-0.2, 0) is 6.42 Å². The van der Waals surface area contributed by atoms with E-state index in [0.717, 1.165) is 18.4 Å². The van der Waals surface area contributed by atoms with E-state index in [0.29, 0.717) is 0 Å². The van der Waals surface area contributed by atoms with Gasteiger partial charge >= 0.3 is 0 Å². The van der Waals surface area contributed by atoms with Gasteiger partial charge in [0.15, 0.2) is 0 Å². The summed E-state index contributed by atoms with van der Waals surface area (Å²) >= 11 is 3.55. The van der Waals surface area contributed by atoms with Crippen LogP contribution in [0, 0.1) is 11.8 Å². The van der Waals surface area contributed by atoms with Crippen LogP contribution in [0.3, 0.4) is 0 Å². The van der Waals surface area contributed by atoms with Crippen LogP contribution >= 0.6 is 15.9 Å². The summed E-state index contributed by atoms with van der Waals surface area (Å²) in [4.78, 5) is 0. The Morgan fingerprint density at radius 2 is 2.11 bits per heavy atom. The molecule has 2 unspecified atom stereocenters. The van der Waals surface area contributed by atoms with Gasteiger partial charge in [0.1, 0.15) is 0 Å². The molecule has 0 aliphatic carbocycles. The Labute approximate surface area is 120 Å². The standard InChI is InChI=1S/C16H26BrN/c1-4-6-13(2)9-15(12-18-3)10-14-7-5-8-16(17)11-14/h5,7-8,11,13,15,18H,4,6,9-10,12H2,1-3H3. The van der Waals surface area contributed by atoms with Crippen LogP contribution in [0.4, 0.5) is 0 Å². The number of halogens is 1. The van der Waals surface area contributed by atoms with Crippen LogP contribution < -0.4 is 5.32 Å². The Hall–Kier alpha value is -0.340. The lowest BCUT2D eigenvalue weighted by Crippen LogP contribution is -2.22. The van der Waals surface area contributed by atoms with Gasteiger partial charge < -0.3 is 5.32 Å². The van der Waals surface area contributed by atoms with E-state index < -0.39 is 0 Å². The average molecular weight is 312 g/mol. The van der Waals surface area contributed by atoms with Crippen LogP contribution in [0.15, 0.2) is 28.7 Å². The average Bonchev–Trinajstić information content (AvgIpc) is 2.29. The van der Waals surface area contributed by atoms with E-state index in [9.17, 15) is 0 Å². The Balaban J connectivity index is 2.56. The van der Waals surface area contributed by atoms with Gasteiger partial charge in [-0.05, 0) is 56.0 Å². The molecule has 0 aromatic heterocycles. The van der Waals surface area contributed by atoms with E-state index >= 15 is 0 Å². The highest BCUT2D eigenvalue weighted by Gasteiger charge is 2.13. The van der Waals surface area contributed by atoms with Crippen molar-refractivity contribution >= 4 is 15.9 Å². The zero-order valence-electron chi connectivity index (χ0n) is 11.9. The topological polar surface area (TPSA) is 12.0 Å². The van der Waals surface area contributed by atoms with E-state index in [4.69, 9.17) is 0 Å². The number of nitrogens with one attached hydrogen (secondary N) is 1. The Kier molecular flexibility index (Phi) is 7.60. The van der Waals surface area contributed by atoms with Gasteiger partial charge in [-0.15, -0.1) is 0 Å². The maximum atomic E-state index is 3.55. The van der Waals surface area contributed by atoms with Crippen molar-refractivity contribution in [2.45, 2.75) is 39.5 Å². The van der Waals surface area contributed by atoms with Gasteiger partial charge in [-0.2, -0.15) is 0 Å². The van der Waals surface area contributed by atoms with Gasteiger partial charge in [-0.3, -0.25) is 0 Å². The molecule has 0 bridgehead atoms. The Morgan fingerprint density at radius 3 is 2.72 bits per heavy atom. The third kappa shape index (κ3) is 6.01. The van der Waals surface area contributed by atoms with Gasteiger partial charge in [0.25, 0.3) is 0 Å². The molecule has 2 atom stereocenters. The summed E-state index contributed by atoms with van der Waals surface area (Å²) in [5.41, 5.74) is 1.44. The second-order valence-electron chi connectivity index (χ2n) is 5.39. The highest BCUT2D eigenvalue weighted by Crippen LogP contribution is 2.21. The third-order valence-corrected chi connectivity index (χ3v) is 3.92. The van der Waals surface area contributed by atoms with Crippen molar-refractivity contribution in [3.8, 4) is 0 Å². The van der Waals surface area contributed by atoms with Gasteiger partial charge in [0.2, 0.25) is 0 Å². The van der Waals surface area contributed by atoms with Gasteiger partial charge in [0, 0.05) is 4.47 Å². The van der Waals surface area contributed by atoms with Crippen LogP contribution in [0.1, 0.15) is 38.7 Å². The first kappa shape index (κ1) is 15.7. The van der Waals surface area contributed by atoms with Crippen LogP contribution in [0.25, 0.3) is 0 Å². The molecule has 102 valence electrons. The SMILES string of the molecule is CCCC(C)CC(CNC)Cc1cccc(Br)c1. The minimum absolute atomic E-state index is 0.742. The second kappa shape index (κ2) is 8.71. The van der Waals surface area contributed by atoms with E-state index in [-0.39, 0.29) is 0 Å². The molecular formula is C16H26BrN. The molecule has 0 radical (unpaired) electrons. The molecule has 0 saturated heterocycles. The fourth-order valence-electron chi connectivity index (χ4n) is 2.70. The molecule has 0 heterocycles. The van der Waals surface area contributed by atoms with Crippen molar-refractivity contribution in [3.05, 3.63) is 34.3 Å². The zero-order valence-corrected chi connectivity index (χ0v) is 13.5. The molecule has 0 spiro atoms. The van der Waals surface area contributed by atoms with Crippen LogP contribution in [0.2, 0.25) is 0 Å². The summed E-state index contributed by atoms with van der Waals surface area (Å²) in [6.45, 7) is 5.77. The maximum absolute atomic E-state index is 3.55. The van der Waals surface area contributed by atoms with Gasteiger partial charge in [-0.1, -0.05) is 54.8 Å². The quantitative estimate of drug-likeness (QED) is 0.736. The van der Waals surface area contributed by atoms with Crippen molar-refractivity contribution in [1.29, 1.82) is 0 Å². The molecule has 0 aliphatic rings. The molecule has 18 heavy (non-hydrogen) atoms. The number of hydrogen-bond acceptors (Lipinski definition) is 1. The van der Waals surface area contributed by atoms with Crippen molar-refractivity contribution < 1.29 is 0 Å². The van der Waals surface area contributed by atoms with Crippen molar-refractivity contribution in [1.82, 2.24) is 5.32 Å². The molecule has 0 fully saturated rings. The van der Waals surface area contributed by atoms with E-state index in [1.807, 2.05) is 0 Å². The van der Waals surface area contributed by atoms with Crippen molar-refractivity contribution in [3.63, 3.8) is 0 Å². The van der Waals surface area contributed by atoms with Gasteiger partial charge in [0.05, 0.1) is 0 Å². The third-order valence-electron chi connectivity index (χ3n) is 3.42. The minimum atomic E-state index is 0.742. The predicted octanol–water partition coefficient (Wildman–Crippen LogP) is 4.65. The monoisotopic (exact) mass is 311 g/mol. The lowest BCUT2D eigenvalue weighted by atomic mass is 9.88. The van der Waals surface area contributed by atoms with Crippen LogP contribution in [0.5, 0.6) is 0 Å². The summed E-state index contributed by atoms with van der Waals surface area (Å²) < 4.78 is 1.19. The highest BCUT2D eigenvalue weighted by molar-refractivity contribution is 9.10. The van der Waals surface area contributed by atoms with Crippen LogP contribution in [-0.4, -0.2) is 13.6 Å². The first-order chi connectivity index (χ1) is 8.65. The molecule has 1 N–H and O–H groups in total. The summed E-state index contributed by atoms with van der Waals surface area (Å²) in [7, 11) is 2.05. The zero-order chi connectivity index (χ0) is 13.4. The number of rotatable bonds is 8. The fraction of sp³-hybridized carbons (Fsp3) is 0.625. The highest BCUT2D eigenvalue weighted by atomic mass is 79.9. The summed E-state index contributed by atoms with van der Waals surface area (Å²) in [5, 5.41) is 3.34. The predicted molar refractivity (Wildman–Crippen MR) is 84.0 cm³/mol. The molecular weight excluding hydrogens is 286 g/mol. The largest absolute Gasteiger partial charge is 0.319 e. The number of hydrogen-bond donors (Lipinski definition) is 1. The summed E-state index contributed by atoms with van der Waals surface area (Å²) in [5.74, 6) is 1.58. The summed E-state index contributed by atoms with van der Waals surface area (Å²) in [6, 6.07) is 8.70. The molecule has 2 heteroatoms. The van der Waals surface area contributed by atoms with Crippen molar-refractivity contribution in [2.75, 3.05) is 13.6 Å². The Bertz CT molecular complexity index is 338. The molecule has 1 aromatic carbocycles. The first-order valence-corrected chi connectivity index (χ1v) is 7.84. The second-order valence-corrected chi connectivity index (χ2v) is 6.30.